The maximum atomic E-state index is 14.2. The van der Waals surface area contributed by atoms with Gasteiger partial charge in [0.2, 0.25) is 0 Å². The molecule has 5 heteroatoms. The van der Waals surface area contributed by atoms with E-state index in [1.807, 2.05) is 0 Å². The maximum Gasteiger partial charge on any atom is 0.199 e. The van der Waals surface area contributed by atoms with Gasteiger partial charge in [0, 0.05) is 19.2 Å². The molecule has 150 valence electrons. The van der Waals surface area contributed by atoms with Crippen LogP contribution in [-0.4, -0.2) is 13.1 Å². The van der Waals surface area contributed by atoms with Crippen molar-refractivity contribution in [2.75, 3.05) is 18.0 Å². The van der Waals surface area contributed by atoms with Gasteiger partial charge >= 0.3 is 0 Å². The van der Waals surface area contributed by atoms with E-state index < -0.39 is 23.3 Å². The Morgan fingerprint density at radius 1 is 0.615 bits per heavy atom. The lowest BCUT2D eigenvalue weighted by Gasteiger charge is -2.26. The van der Waals surface area contributed by atoms with Crippen molar-refractivity contribution < 1.29 is 17.6 Å². The van der Waals surface area contributed by atoms with Crippen LogP contribution in [-0.2, 0) is 0 Å². The summed E-state index contributed by atoms with van der Waals surface area (Å²) in [7, 11) is 0. The predicted octanol–water partition coefficient (Wildman–Crippen LogP) is 7.38. The minimum absolute atomic E-state index is 0.163. The Kier molecular flexibility index (Phi) is 11.4. The molecule has 0 aromatic heterocycles. The Morgan fingerprint density at radius 3 is 1.62 bits per heavy atom. The molecular formula is C21H33F4N. The molecule has 1 rings (SSSR count). The number of nitrogens with zero attached hydrogens (tertiary/aromatic N) is 1. The van der Waals surface area contributed by atoms with E-state index in [0.717, 1.165) is 51.0 Å². The van der Waals surface area contributed by atoms with Crippen LogP contribution in [0, 0.1) is 23.3 Å². The van der Waals surface area contributed by atoms with E-state index in [1.165, 1.54) is 25.7 Å². The number of benzene rings is 1. The lowest BCUT2D eigenvalue weighted by molar-refractivity contribution is 0.408. The SMILES string of the molecule is CCCCCCCCCN(CCCCCC)c1cc(F)c(F)c(F)c1F. The number of hydrogen-bond acceptors (Lipinski definition) is 1. The van der Waals surface area contributed by atoms with Crippen molar-refractivity contribution in [1.82, 2.24) is 0 Å². The van der Waals surface area contributed by atoms with Crippen LogP contribution in [0.5, 0.6) is 0 Å². The fourth-order valence-electron chi connectivity index (χ4n) is 3.13. The Hall–Kier alpha value is -1.26. The van der Waals surface area contributed by atoms with Gasteiger partial charge in [-0.3, -0.25) is 0 Å². The zero-order valence-corrected chi connectivity index (χ0v) is 16.2. The first-order valence-electron chi connectivity index (χ1n) is 10.1. The average molecular weight is 375 g/mol. The monoisotopic (exact) mass is 375 g/mol. The van der Waals surface area contributed by atoms with Crippen LogP contribution < -0.4 is 4.90 Å². The van der Waals surface area contributed by atoms with Gasteiger partial charge in [0.1, 0.15) is 0 Å². The van der Waals surface area contributed by atoms with Crippen LogP contribution in [0.3, 0.4) is 0 Å². The van der Waals surface area contributed by atoms with E-state index in [1.54, 1.807) is 4.90 Å². The summed E-state index contributed by atoms with van der Waals surface area (Å²) in [6, 6.07) is 0.787. The largest absolute Gasteiger partial charge is 0.369 e. The van der Waals surface area contributed by atoms with E-state index in [2.05, 4.69) is 13.8 Å². The first-order valence-corrected chi connectivity index (χ1v) is 10.1. The highest BCUT2D eigenvalue weighted by Crippen LogP contribution is 2.27. The summed E-state index contributed by atoms with van der Waals surface area (Å²) in [4.78, 5) is 1.67. The molecule has 1 aromatic rings. The normalized spacial score (nSPS) is 11.2. The predicted molar refractivity (Wildman–Crippen MR) is 101 cm³/mol. The fraction of sp³-hybridized carbons (Fsp3) is 0.714. The highest BCUT2D eigenvalue weighted by Gasteiger charge is 2.22. The highest BCUT2D eigenvalue weighted by atomic mass is 19.2. The third kappa shape index (κ3) is 7.55. The van der Waals surface area contributed by atoms with E-state index in [-0.39, 0.29) is 5.69 Å². The molecular weight excluding hydrogens is 342 g/mol. The molecule has 0 aliphatic rings. The summed E-state index contributed by atoms with van der Waals surface area (Å²) < 4.78 is 54.6. The van der Waals surface area contributed by atoms with Gasteiger partial charge in [0.05, 0.1) is 5.69 Å². The lowest BCUT2D eigenvalue weighted by Crippen LogP contribution is -2.27. The molecule has 0 atom stereocenters. The van der Waals surface area contributed by atoms with Gasteiger partial charge in [0.25, 0.3) is 0 Å². The number of hydrogen-bond donors (Lipinski definition) is 0. The molecule has 0 saturated carbocycles. The molecule has 0 aliphatic carbocycles. The van der Waals surface area contributed by atoms with E-state index in [9.17, 15) is 17.6 Å². The van der Waals surface area contributed by atoms with Crippen molar-refractivity contribution in [3.63, 3.8) is 0 Å². The third-order valence-corrected chi connectivity index (χ3v) is 4.74. The molecule has 0 spiro atoms. The summed E-state index contributed by atoms with van der Waals surface area (Å²) in [6.07, 6.45) is 11.7. The second-order valence-corrected chi connectivity index (χ2v) is 6.99. The number of unbranched alkanes of at least 4 members (excludes halogenated alkanes) is 9. The number of halogens is 4. The molecule has 0 saturated heterocycles. The van der Waals surface area contributed by atoms with Crippen LogP contribution in [0.25, 0.3) is 0 Å². The topological polar surface area (TPSA) is 3.24 Å². The second kappa shape index (κ2) is 13.0. The first kappa shape index (κ1) is 22.8. The molecule has 0 N–H and O–H groups in total. The highest BCUT2D eigenvalue weighted by molar-refractivity contribution is 5.48. The molecule has 0 bridgehead atoms. The summed E-state index contributed by atoms with van der Waals surface area (Å²) in [5.41, 5.74) is -0.163. The molecule has 1 nitrogen and oxygen atoms in total. The Balaban J connectivity index is 2.67. The van der Waals surface area contributed by atoms with Crippen LogP contribution >= 0.6 is 0 Å². The Morgan fingerprint density at radius 2 is 1.08 bits per heavy atom. The van der Waals surface area contributed by atoms with Crippen LogP contribution in [0.2, 0.25) is 0 Å². The van der Waals surface area contributed by atoms with Crippen molar-refractivity contribution in [3.8, 4) is 0 Å². The molecule has 0 unspecified atom stereocenters. The smallest absolute Gasteiger partial charge is 0.199 e. The van der Waals surface area contributed by atoms with E-state index >= 15 is 0 Å². The second-order valence-electron chi connectivity index (χ2n) is 6.99. The number of rotatable bonds is 14. The zero-order chi connectivity index (χ0) is 19.4. The molecule has 1 aromatic carbocycles. The molecule has 0 radical (unpaired) electrons. The zero-order valence-electron chi connectivity index (χ0n) is 16.2. The van der Waals surface area contributed by atoms with Gasteiger partial charge in [-0.1, -0.05) is 71.6 Å². The quantitative estimate of drug-likeness (QED) is 0.142. The first-order chi connectivity index (χ1) is 12.5. The minimum Gasteiger partial charge on any atom is -0.369 e. The van der Waals surface area contributed by atoms with Crippen molar-refractivity contribution in [2.24, 2.45) is 0 Å². The Labute approximate surface area is 155 Å². The van der Waals surface area contributed by atoms with Crippen molar-refractivity contribution in [1.29, 1.82) is 0 Å². The van der Waals surface area contributed by atoms with Crippen molar-refractivity contribution >= 4 is 5.69 Å². The van der Waals surface area contributed by atoms with Gasteiger partial charge in [-0.2, -0.15) is 0 Å². The van der Waals surface area contributed by atoms with Crippen LogP contribution in [0.4, 0.5) is 23.2 Å². The van der Waals surface area contributed by atoms with Crippen LogP contribution in [0.15, 0.2) is 6.07 Å². The van der Waals surface area contributed by atoms with Gasteiger partial charge in [-0.25, -0.2) is 17.6 Å². The molecule has 0 amide bonds. The number of anilines is 1. The van der Waals surface area contributed by atoms with Gasteiger partial charge < -0.3 is 4.90 Å². The fourth-order valence-corrected chi connectivity index (χ4v) is 3.13. The Bertz CT molecular complexity index is 519. The summed E-state index contributed by atoms with van der Waals surface area (Å²) in [6.45, 7) is 5.32. The summed E-state index contributed by atoms with van der Waals surface area (Å²) in [5.74, 6) is -6.09. The molecule has 0 aliphatic heterocycles. The standard InChI is InChI=1S/C21H33F4N/c1-3-5-7-9-10-11-13-15-26(14-12-8-6-4-2)18-16-17(22)19(23)21(25)20(18)24/h16H,3-15H2,1-2H3. The van der Waals surface area contributed by atoms with E-state index in [0.29, 0.717) is 13.1 Å². The summed E-state index contributed by atoms with van der Waals surface area (Å²) in [5, 5.41) is 0. The summed E-state index contributed by atoms with van der Waals surface area (Å²) >= 11 is 0. The van der Waals surface area contributed by atoms with Crippen LogP contribution in [0.1, 0.15) is 84.5 Å². The molecule has 0 heterocycles. The van der Waals surface area contributed by atoms with E-state index in [4.69, 9.17) is 0 Å². The maximum absolute atomic E-state index is 14.2. The minimum atomic E-state index is -1.74. The van der Waals surface area contributed by atoms with Crippen molar-refractivity contribution in [3.05, 3.63) is 29.3 Å². The average Bonchev–Trinajstić information content (AvgIpc) is 2.64. The lowest BCUT2D eigenvalue weighted by atomic mass is 10.1. The van der Waals surface area contributed by atoms with Gasteiger partial charge in [-0.05, 0) is 12.8 Å². The third-order valence-electron chi connectivity index (χ3n) is 4.74. The van der Waals surface area contributed by atoms with Gasteiger partial charge in [0.15, 0.2) is 23.3 Å². The molecule has 26 heavy (non-hydrogen) atoms. The van der Waals surface area contributed by atoms with Gasteiger partial charge in [-0.15, -0.1) is 0 Å². The van der Waals surface area contributed by atoms with Crippen molar-refractivity contribution in [2.45, 2.75) is 84.5 Å². The molecule has 0 fully saturated rings.